The van der Waals surface area contributed by atoms with Crippen molar-refractivity contribution in [3.8, 4) is 12.3 Å². The highest BCUT2D eigenvalue weighted by molar-refractivity contribution is 5.04. The quantitative estimate of drug-likeness (QED) is 0.701. The zero-order chi connectivity index (χ0) is 11.5. The van der Waals surface area contributed by atoms with E-state index < -0.39 is 0 Å². The molecule has 0 aliphatic heterocycles. The van der Waals surface area contributed by atoms with Gasteiger partial charge in [-0.15, -0.1) is 12.3 Å². The molecule has 0 heterocycles. The molecule has 0 aromatic rings. The van der Waals surface area contributed by atoms with Gasteiger partial charge in [0.05, 0.1) is 6.10 Å². The Morgan fingerprint density at radius 2 is 2.27 bits per heavy atom. The van der Waals surface area contributed by atoms with Crippen molar-refractivity contribution in [2.24, 2.45) is 5.41 Å². The van der Waals surface area contributed by atoms with Crippen molar-refractivity contribution < 1.29 is 4.74 Å². The highest BCUT2D eigenvalue weighted by Gasteiger charge is 2.48. The van der Waals surface area contributed by atoms with Crippen LogP contribution in [0, 0.1) is 17.8 Å². The minimum atomic E-state index is 0.235. The van der Waals surface area contributed by atoms with E-state index in [2.05, 4.69) is 38.9 Å². The molecule has 0 aromatic carbocycles. The van der Waals surface area contributed by atoms with Crippen molar-refractivity contribution >= 4 is 0 Å². The van der Waals surface area contributed by atoms with E-state index in [1.54, 1.807) is 0 Å². The molecule has 1 rings (SSSR count). The fourth-order valence-corrected chi connectivity index (χ4v) is 2.23. The summed E-state index contributed by atoms with van der Waals surface area (Å²) in [5, 5.41) is 3.57. The zero-order valence-electron chi connectivity index (χ0n) is 10.3. The van der Waals surface area contributed by atoms with Gasteiger partial charge in [-0.3, -0.25) is 0 Å². The Labute approximate surface area is 93.8 Å². The van der Waals surface area contributed by atoms with Gasteiger partial charge in [-0.1, -0.05) is 13.8 Å². The van der Waals surface area contributed by atoms with Crippen molar-refractivity contribution in [3.63, 3.8) is 0 Å². The van der Waals surface area contributed by atoms with Crippen LogP contribution in [-0.2, 0) is 4.74 Å². The predicted octanol–water partition coefficient (Wildman–Crippen LogP) is 2.19. The SMILES string of the molecule is C#CCC(C)NC1CC(OCC)C1(C)C. The second kappa shape index (κ2) is 5.01. The second-order valence-corrected chi connectivity index (χ2v) is 5.03. The van der Waals surface area contributed by atoms with E-state index in [0.717, 1.165) is 19.4 Å². The first-order chi connectivity index (χ1) is 7.02. The molecule has 3 unspecified atom stereocenters. The monoisotopic (exact) mass is 209 g/mol. The lowest BCUT2D eigenvalue weighted by atomic mass is 9.64. The van der Waals surface area contributed by atoms with Crippen LogP contribution < -0.4 is 5.32 Å². The molecule has 3 atom stereocenters. The summed E-state index contributed by atoms with van der Waals surface area (Å²) in [5.41, 5.74) is 0.235. The maximum atomic E-state index is 5.68. The van der Waals surface area contributed by atoms with Gasteiger partial charge in [0.2, 0.25) is 0 Å². The van der Waals surface area contributed by atoms with Gasteiger partial charge < -0.3 is 10.1 Å². The summed E-state index contributed by atoms with van der Waals surface area (Å²) in [6, 6.07) is 0.944. The van der Waals surface area contributed by atoms with Gasteiger partial charge in [0, 0.05) is 30.5 Å². The lowest BCUT2D eigenvalue weighted by Gasteiger charge is -2.52. The van der Waals surface area contributed by atoms with Crippen LogP contribution in [0.15, 0.2) is 0 Å². The van der Waals surface area contributed by atoms with Gasteiger partial charge in [-0.2, -0.15) is 0 Å². The van der Waals surface area contributed by atoms with Crippen LogP contribution in [0.25, 0.3) is 0 Å². The highest BCUT2D eigenvalue weighted by atomic mass is 16.5. The fraction of sp³-hybridized carbons (Fsp3) is 0.846. The third-order valence-electron chi connectivity index (χ3n) is 3.46. The average Bonchev–Trinajstić information content (AvgIpc) is 2.17. The Morgan fingerprint density at radius 3 is 2.73 bits per heavy atom. The first-order valence-corrected chi connectivity index (χ1v) is 5.83. The Balaban J connectivity index is 2.38. The van der Waals surface area contributed by atoms with E-state index in [4.69, 9.17) is 11.2 Å². The fourth-order valence-electron chi connectivity index (χ4n) is 2.23. The predicted molar refractivity (Wildman–Crippen MR) is 63.6 cm³/mol. The summed E-state index contributed by atoms with van der Waals surface area (Å²) >= 11 is 0. The van der Waals surface area contributed by atoms with Crippen LogP contribution in [0.4, 0.5) is 0 Å². The minimum absolute atomic E-state index is 0.235. The van der Waals surface area contributed by atoms with E-state index in [1.165, 1.54) is 0 Å². The number of terminal acetylenes is 1. The van der Waals surface area contributed by atoms with Crippen molar-refractivity contribution in [2.75, 3.05) is 6.61 Å². The van der Waals surface area contributed by atoms with Gasteiger partial charge in [0.15, 0.2) is 0 Å². The number of hydrogen-bond acceptors (Lipinski definition) is 2. The van der Waals surface area contributed by atoms with Gasteiger partial charge in [-0.05, 0) is 20.3 Å². The Hall–Kier alpha value is -0.520. The first-order valence-electron chi connectivity index (χ1n) is 5.83. The van der Waals surface area contributed by atoms with E-state index in [0.29, 0.717) is 18.2 Å². The van der Waals surface area contributed by atoms with E-state index in [9.17, 15) is 0 Å². The second-order valence-electron chi connectivity index (χ2n) is 5.03. The van der Waals surface area contributed by atoms with Gasteiger partial charge in [0.1, 0.15) is 0 Å². The Kier molecular flexibility index (Phi) is 4.19. The topological polar surface area (TPSA) is 21.3 Å². The van der Waals surface area contributed by atoms with Crippen molar-refractivity contribution in [1.29, 1.82) is 0 Å². The summed E-state index contributed by atoms with van der Waals surface area (Å²) in [4.78, 5) is 0. The number of nitrogens with one attached hydrogen (secondary N) is 1. The molecule has 2 heteroatoms. The van der Waals surface area contributed by atoms with Gasteiger partial charge in [0.25, 0.3) is 0 Å². The molecule has 1 fully saturated rings. The third-order valence-corrected chi connectivity index (χ3v) is 3.46. The van der Waals surface area contributed by atoms with Crippen molar-refractivity contribution in [1.82, 2.24) is 5.32 Å². The lowest BCUT2D eigenvalue weighted by Crippen LogP contribution is -2.62. The lowest BCUT2D eigenvalue weighted by molar-refractivity contribution is -0.116. The summed E-state index contributed by atoms with van der Waals surface area (Å²) < 4.78 is 5.68. The number of rotatable bonds is 5. The molecule has 0 aromatic heterocycles. The highest BCUT2D eigenvalue weighted by Crippen LogP contribution is 2.42. The normalized spacial score (nSPS) is 30.3. The molecule has 0 saturated heterocycles. The summed E-state index contributed by atoms with van der Waals surface area (Å²) in [6.07, 6.45) is 7.60. The van der Waals surface area contributed by atoms with Gasteiger partial charge in [-0.25, -0.2) is 0 Å². The molecule has 1 N–H and O–H groups in total. The van der Waals surface area contributed by atoms with Crippen LogP contribution in [0.3, 0.4) is 0 Å². The molecule has 1 aliphatic carbocycles. The molecular formula is C13H23NO. The Bertz CT molecular complexity index is 241. The average molecular weight is 209 g/mol. The number of ether oxygens (including phenoxy) is 1. The third kappa shape index (κ3) is 2.74. The van der Waals surface area contributed by atoms with Crippen LogP contribution in [0.1, 0.15) is 40.5 Å². The summed E-state index contributed by atoms with van der Waals surface area (Å²) in [5.74, 6) is 2.69. The smallest absolute Gasteiger partial charge is 0.0655 e. The number of hydrogen-bond donors (Lipinski definition) is 1. The Morgan fingerprint density at radius 1 is 1.60 bits per heavy atom. The van der Waals surface area contributed by atoms with Crippen LogP contribution in [0.5, 0.6) is 0 Å². The van der Waals surface area contributed by atoms with Crippen molar-refractivity contribution in [2.45, 2.75) is 58.7 Å². The van der Waals surface area contributed by atoms with Crippen LogP contribution in [-0.4, -0.2) is 24.8 Å². The minimum Gasteiger partial charge on any atom is -0.378 e. The van der Waals surface area contributed by atoms with Gasteiger partial charge >= 0.3 is 0 Å². The zero-order valence-corrected chi connectivity index (χ0v) is 10.3. The van der Waals surface area contributed by atoms with Crippen molar-refractivity contribution in [3.05, 3.63) is 0 Å². The van der Waals surface area contributed by atoms with E-state index in [1.807, 2.05) is 0 Å². The molecule has 0 amide bonds. The summed E-state index contributed by atoms with van der Waals surface area (Å²) in [6.45, 7) is 9.52. The first kappa shape index (κ1) is 12.5. The summed E-state index contributed by atoms with van der Waals surface area (Å²) in [7, 11) is 0. The van der Waals surface area contributed by atoms with Crippen LogP contribution in [0.2, 0.25) is 0 Å². The molecule has 0 bridgehead atoms. The molecule has 86 valence electrons. The van der Waals surface area contributed by atoms with Crippen LogP contribution >= 0.6 is 0 Å². The molecule has 2 nitrogen and oxygen atoms in total. The molecule has 0 radical (unpaired) electrons. The maximum Gasteiger partial charge on any atom is 0.0655 e. The van der Waals surface area contributed by atoms with E-state index in [-0.39, 0.29) is 5.41 Å². The molecule has 1 aliphatic rings. The largest absolute Gasteiger partial charge is 0.378 e. The molecular weight excluding hydrogens is 186 g/mol. The molecule has 1 saturated carbocycles. The maximum absolute atomic E-state index is 5.68. The molecule has 15 heavy (non-hydrogen) atoms. The molecule has 0 spiro atoms. The van der Waals surface area contributed by atoms with E-state index >= 15 is 0 Å². The standard InChI is InChI=1S/C13H23NO/c1-6-8-10(3)14-11-9-12(15-7-2)13(11,4)5/h1,10-12,14H,7-9H2,2-5H3.